The van der Waals surface area contributed by atoms with Gasteiger partial charge in [0, 0.05) is 19.7 Å². The minimum atomic E-state index is -0.194. The molecule has 90 valence electrons. The summed E-state index contributed by atoms with van der Waals surface area (Å²) >= 11 is 0. The minimum absolute atomic E-state index is 0.194. The second kappa shape index (κ2) is 6.61. The molecule has 0 aliphatic heterocycles. The minimum Gasteiger partial charge on any atom is -0.396 e. The van der Waals surface area contributed by atoms with Crippen molar-refractivity contribution in [2.45, 2.75) is 19.9 Å². The number of halogens is 1. The first kappa shape index (κ1) is 13.1. The smallest absolute Gasteiger partial charge is 0.123 e. The lowest BCUT2D eigenvalue weighted by molar-refractivity contribution is 0.173. The summed E-state index contributed by atoms with van der Waals surface area (Å²) in [5, 5.41) is 9.10. The van der Waals surface area contributed by atoms with Gasteiger partial charge in [-0.2, -0.15) is 0 Å². The Bertz CT molecular complexity index is 313. The summed E-state index contributed by atoms with van der Waals surface area (Å²) in [6.07, 6.45) is 0.962. The van der Waals surface area contributed by atoms with Crippen LogP contribution < -0.4 is 0 Å². The molecule has 0 saturated heterocycles. The summed E-state index contributed by atoms with van der Waals surface area (Å²) in [4.78, 5) is 2.11. The molecule has 0 spiro atoms. The van der Waals surface area contributed by atoms with Gasteiger partial charge >= 0.3 is 0 Å². The highest BCUT2D eigenvalue weighted by Crippen LogP contribution is 2.09. The van der Waals surface area contributed by atoms with Gasteiger partial charge in [-0.3, -0.25) is 0 Å². The number of benzene rings is 1. The molecule has 1 aromatic carbocycles. The summed E-state index contributed by atoms with van der Waals surface area (Å²) in [6.45, 7) is 3.83. The van der Waals surface area contributed by atoms with Crippen LogP contribution in [0.2, 0.25) is 0 Å². The highest BCUT2D eigenvalue weighted by molar-refractivity contribution is 5.15. The van der Waals surface area contributed by atoms with Crippen LogP contribution in [0.4, 0.5) is 4.39 Å². The van der Waals surface area contributed by atoms with Gasteiger partial charge in [0.15, 0.2) is 0 Å². The van der Waals surface area contributed by atoms with Crippen LogP contribution in [0.3, 0.4) is 0 Å². The van der Waals surface area contributed by atoms with Crippen molar-refractivity contribution >= 4 is 0 Å². The molecule has 1 N–H and O–H groups in total. The fourth-order valence-corrected chi connectivity index (χ4v) is 1.77. The van der Waals surface area contributed by atoms with Gasteiger partial charge < -0.3 is 10.0 Å². The molecule has 0 radical (unpaired) electrons. The molecule has 1 aromatic rings. The van der Waals surface area contributed by atoms with Gasteiger partial charge in [0.1, 0.15) is 5.82 Å². The van der Waals surface area contributed by atoms with E-state index in [4.69, 9.17) is 5.11 Å². The Morgan fingerprint density at radius 3 is 2.75 bits per heavy atom. The van der Waals surface area contributed by atoms with Gasteiger partial charge in [-0.15, -0.1) is 0 Å². The highest BCUT2D eigenvalue weighted by atomic mass is 19.1. The molecule has 0 bridgehead atoms. The molecule has 1 unspecified atom stereocenters. The third kappa shape index (κ3) is 4.29. The van der Waals surface area contributed by atoms with Crippen molar-refractivity contribution in [2.75, 3.05) is 20.2 Å². The van der Waals surface area contributed by atoms with E-state index in [1.165, 1.54) is 6.07 Å². The van der Waals surface area contributed by atoms with Gasteiger partial charge in [0.05, 0.1) is 0 Å². The van der Waals surface area contributed by atoms with Gasteiger partial charge in [-0.25, -0.2) is 4.39 Å². The van der Waals surface area contributed by atoms with Crippen LogP contribution in [0.25, 0.3) is 0 Å². The molecular formula is C13H20FNO. The van der Waals surface area contributed by atoms with Crippen molar-refractivity contribution < 1.29 is 9.50 Å². The predicted molar refractivity (Wildman–Crippen MR) is 63.6 cm³/mol. The van der Waals surface area contributed by atoms with Crippen molar-refractivity contribution in [3.05, 3.63) is 35.6 Å². The molecule has 1 atom stereocenters. The van der Waals surface area contributed by atoms with E-state index >= 15 is 0 Å². The first-order chi connectivity index (χ1) is 7.65. The Morgan fingerprint density at radius 1 is 1.44 bits per heavy atom. The van der Waals surface area contributed by atoms with Crippen LogP contribution >= 0.6 is 0 Å². The Labute approximate surface area is 96.7 Å². The average molecular weight is 225 g/mol. The van der Waals surface area contributed by atoms with E-state index in [1.807, 2.05) is 13.1 Å². The van der Waals surface area contributed by atoms with Gasteiger partial charge in [0.25, 0.3) is 0 Å². The average Bonchev–Trinajstić information content (AvgIpc) is 2.26. The van der Waals surface area contributed by atoms with Crippen molar-refractivity contribution in [2.24, 2.45) is 5.92 Å². The zero-order chi connectivity index (χ0) is 12.0. The number of rotatable bonds is 6. The van der Waals surface area contributed by atoms with Crippen LogP contribution in [-0.2, 0) is 6.54 Å². The zero-order valence-electron chi connectivity index (χ0n) is 9.99. The second-order valence-corrected chi connectivity index (χ2v) is 4.28. The van der Waals surface area contributed by atoms with Gasteiger partial charge in [-0.1, -0.05) is 19.1 Å². The third-order valence-corrected chi connectivity index (χ3v) is 2.75. The van der Waals surface area contributed by atoms with E-state index < -0.39 is 0 Å². The maximum absolute atomic E-state index is 13.0. The SMILES string of the molecule is CCC(CO)CN(C)Cc1cccc(F)c1. The molecular weight excluding hydrogens is 205 g/mol. The standard InChI is InChI=1S/C13H20FNO/c1-3-11(10-16)8-15(2)9-12-5-4-6-13(14)7-12/h4-7,11,16H,3,8-10H2,1-2H3. The summed E-state index contributed by atoms with van der Waals surface area (Å²) < 4.78 is 13.0. The van der Waals surface area contributed by atoms with Crippen molar-refractivity contribution in [3.63, 3.8) is 0 Å². The van der Waals surface area contributed by atoms with Crippen LogP contribution in [-0.4, -0.2) is 30.2 Å². The quantitative estimate of drug-likeness (QED) is 0.803. The number of hydrogen-bond donors (Lipinski definition) is 1. The van der Waals surface area contributed by atoms with Crippen LogP contribution in [0.15, 0.2) is 24.3 Å². The first-order valence-electron chi connectivity index (χ1n) is 5.69. The van der Waals surface area contributed by atoms with Crippen LogP contribution in [0, 0.1) is 11.7 Å². The molecule has 2 nitrogen and oxygen atoms in total. The van der Waals surface area contributed by atoms with E-state index in [-0.39, 0.29) is 12.4 Å². The van der Waals surface area contributed by atoms with E-state index in [1.54, 1.807) is 12.1 Å². The molecule has 1 rings (SSSR count). The fraction of sp³-hybridized carbons (Fsp3) is 0.538. The van der Waals surface area contributed by atoms with Crippen molar-refractivity contribution in [1.82, 2.24) is 4.90 Å². The normalized spacial score (nSPS) is 13.1. The lowest BCUT2D eigenvalue weighted by atomic mass is 10.1. The molecule has 0 aliphatic rings. The summed E-state index contributed by atoms with van der Waals surface area (Å²) in [6, 6.07) is 6.64. The number of aliphatic hydroxyl groups excluding tert-OH is 1. The number of aliphatic hydroxyl groups is 1. The molecule has 0 amide bonds. The first-order valence-corrected chi connectivity index (χ1v) is 5.69. The van der Waals surface area contributed by atoms with Gasteiger partial charge in [-0.05, 0) is 37.1 Å². The Kier molecular flexibility index (Phi) is 5.43. The lowest BCUT2D eigenvalue weighted by Gasteiger charge is -2.21. The molecule has 0 aromatic heterocycles. The van der Waals surface area contributed by atoms with Crippen LogP contribution in [0.1, 0.15) is 18.9 Å². The highest BCUT2D eigenvalue weighted by Gasteiger charge is 2.08. The Morgan fingerprint density at radius 2 is 2.19 bits per heavy atom. The van der Waals surface area contributed by atoms with E-state index in [0.29, 0.717) is 12.5 Å². The number of nitrogens with zero attached hydrogens (tertiary/aromatic N) is 1. The predicted octanol–water partition coefficient (Wildman–Crippen LogP) is 2.28. The molecule has 16 heavy (non-hydrogen) atoms. The molecule has 0 heterocycles. The largest absolute Gasteiger partial charge is 0.396 e. The van der Waals surface area contributed by atoms with Crippen LogP contribution in [0.5, 0.6) is 0 Å². The zero-order valence-corrected chi connectivity index (χ0v) is 9.99. The van der Waals surface area contributed by atoms with Crippen molar-refractivity contribution in [1.29, 1.82) is 0 Å². The topological polar surface area (TPSA) is 23.5 Å². The second-order valence-electron chi connectivity index (χ2n) is 4.28. The summed E-state index contributed by atoms with van der Waals surface area (Å²) in [7, 11) is 1.99. The Hall–Kier alpha value is -0.930. The molecule has 0 fully saturated rings. The summed E-state index contributed by atoms with van der Waals surface area (Å²) in [5.74, 6) is 0.110. The molecule has 0 aliphatic carbocycles. The molecule has 0 saturated carbocycles. The molecule has 3 heteroatoms. The monoisotopic (exact) mass is 225 g/mol. The van der Waals surface area contributed by atoms with Crippen molar-refractivity contribution in [3.8, 4) is 0 Å². The van der Waals surface area contributed by atoms with Gasteiger partial charge in [0.2, 0.25) is 0 Å². The maximum atomic E-state index is 13.0. The fourth-order valence-electron chi connectivity index (χ4n) is 1.77. The summed E-state index contributed by atoms with van der Waals surface area (Å²) in [5.41, 5.74) is 0.968. The Balaban J connectivity index is 2.47. The van der Waals surface area contributed by atoms with E-state index in [2.05, 4.69) is 11.8 Å². The van der Waals surface area contributed by atoms with E-state index in [9.17, 15) is 4.39 Å². The third-order valence-electron chi connectivity index (χ3n) is 2.75. The van der Waals surface area contributed by atoms with E-state index in [0.717, 1.165) is 18.5 Å². The number of hydrogen-bond acceptors (Lipinski definition) is 2. The maximum Gasteiger partial charge on any atom is 0.123 e. The lowest BCUT2D eigenvalue weighted by Crippen LogP contribution is -2.27.